The Morgan fingerprint density at radius 3 is 1.19 bits per heavy atom. The SMILES string of the molecule is O=P(O)(O)OC(Cc1ccccc1)(Cc1ccccc1)Cc1ccccc1. The minimum atomic E-state index is -4.70. The molecule has 3 rings (SSSR count). The lowest BCUT2D eigenvalue weighted by atomic mass is 9.83. The van der Waals surface area contributed by atoms with E-state index < -0.39 is 13.4 Å². The Morgan fingerprint density at radius 2 is 0.926 bits per heavy atom. The van der Waals surface area contributed by atoms with Gasteiger partial charge in [-0.2, -0.15) is 0 Å². The number of benzene rings is 3. The van der Waals surface area contributed by atoms with Crippen LogP contribution >= 0.6 is 7.82 Å². The Morgan fingerprint density at radius 1 is 0.630 bits per heavy atom. The van der Waals surface area contributed by atoms with Gasteiger partial charge in [0.2, 0.25) is 0 Å². The molecule has 0 amide bonds. The fraction of sp³-hybridized carbons (Fsp3) is 0.182. The summed E-state index contributed by atoms with van der Waals surface area (Å²) in [6.07, 6.45) is 1.17. The second kappa shape index (κ2) is 8.64. The van der Waals surface area contributed by atoms with E-state index in [9.17, 15) is 14.4 Å². The van der Waals surface area contributed by atoms with Crippen LogP contribution in [0.1, 0.15) is 16.7 Å². The third kappa shape index (κ3) is 6.16. The van der Waals surface area contributed by atoms with Crippen LogP contribution < -0.4 is 0 Å². The average molecular weight is 382 g/mol. The summed E-state index contributed by atoms with van der Waals surface area (Å²) in [5, 5.41) is 0. The molecule has 0 aliphatic rings. The van der Waals surface area contributed by atoms with E-state index in [4.69, 9.17) is 4.52 Å². The van der Waals surface area contributed by atoms with E-state index in [1.54, 1.807) is 0 Å². The number of rotatable bonds is 8. The quantitative estimate of drug-likeness (QED) is 0.561. The lowest BCUT2D eigenvalue weighted by Gasteiger charge is -2.34. The van der Waals surface area contributed by atoms with Crippen LogP contribution in [0, 0.1) is 0 Å². The molecular weight excluding hydrogens is 359 g/mol. The van der Waals surface area contributed by atoms with Crippen LogP contribution in [-0.2, 0) is 28.4 Å². The Kier molecular flexibility index (Phi) is 6.25. The summed E-state index contributed by atoms with van der Waals surface area (Å²) >= 11 is 0. The normalized spacial score (nSPS) is 12.1. The van der Waals surface area contributed by atoms with Crippen LogP contribution in [0.4, 0.5) is 0 Å². The number of phosphoric ester groups is 1. The van der Waals surface area contributed by atoms with E-state index >= 15 is 0 Å². The predicted octanol–water partition coefficient (Wildman–Crippen LogP) is 4.56. The maximum absolute atomic E-state index is 11.9. The summed E-state index contributed by atoms with van der Waals surface area (Å²) in [7, 11) is -4.70. The fourth-order valence-electron chi connectivity index (χ4n) is 3.44. The van der Waals surface area contributed by atoms with Crippen LogP contribution in [0.2, 0.25) is 0 Å². The highest BCUT2D eigenvalue weighted by molar-refractivity contribution is 7.46. The topological polar surface area (TPSA) is 66.8 Å². The zero-order valence-electron chi connectivity index (χ0n) is 14.9. The van der Waals surface area contributed by atoms with Gasteiger partial charge in [0.25, 0.3) is 0 Å². The number of phosphoric acid groups is 1. The van der Waals surface area contributed by atoms with E-state index in [0.717, 1.165) is 16.7 Å². The summed E-state index contributed by atoms with van der Waals surface area (Å²) in [5.74, 6) is 0. The van der Waals surface area contributed by atoms with Crippen LogP contribution in [0.25, 0.3) is 0 Å². The van der Waals surface area contributed by atoms with Gasteiger partial charge >= 0.3 is 7.82 Å². The third-order valence-electron chi connectivity index (χ3n) is 4.42. The van der Waals surface area contributed by atoms with E-state index in [2.05, 4.69) is 0 Å². The second-order valence-electron chi connectivity index (χ2n) is 6.75. The monoisotopic (exact) mass is 382 g/mol. The number of hydrogen-bond donors (Lipinski definition) is 2. The van der Waals surface area contributed by atoms with Crippen molar-refractivity contribution < 1.29 is 18.9 Å². The molecule has 0 aromatic heterocycles. The van der Waals surface area contributed by atoms with E-state index in [-0.39, 0.29) is 0 Å². The summed E-state index contributed by atoms with van der Waals surface area (Å²) in [6, 6.07) is 29.0. The van der Waals surface area contributed by atoms with Gasteiger partial charge in [-0.25, -0.2) is 4.57 Å². The molecule has 0 unspecified atom stereocenters. The molecule has 0 aliphatic heterocycles. The van der Waals surface area contributed by atoms with Crippen molar-refractivity contribution in [3.05, 3.63) is 108 Å². The molecule has 3 aromatic rings. The van der Waals surface area contributed by atoms with Crippen LogP contribution in [0.3, 0.4) is 0 Å². The van der Waals surface area contributed by atoms with Crippen LogP contribution in [-0.4, -0.2) is 15.4 Å². The van der Waals surface area contributed by atoms with Crippen molar-refractivity contribution >= 4 is 7.82 Å². The summed E-state index contributed by atoms with van der Waals surface area (Å²) in [4.78, 5) is 19.4. The molecule has 140 valence electrons. The van der Waals surface area contributed by atoms with Crippen molar-refractivity contribution in [2.75, 3.05) is 0 Å². The van der Waals surface area contributed by atoms with E-state index in [1.165, 1.54) is 0 Å². The van der Waals surface area contributed by atoms with E-state index in [0.29, 0.717) is 19.3 Å². The predicted molar refractivity (Wildman–Crippen MR) is 106 cm³/mol. The van der Waals surface area contributed by atoms with Crippen molar-refractivity contribution in [3.8, 4) is 0 Å². The molecule has 0 saturated carbocycles. The van der Waals surface area contributed by atoms with Crippen molar-refractivity contribution in [1.29, 1.82) is 0 Å². The van der Waals surface area contributed by atoms with Gasteiger partial charge in [-0.05, 0) is 16.7 Å². The second-order valence-corrected chi connectivity index (χ2v) is 7.92. The van der Waals surface area contributed by atoms with Crippen LogP contribution in [0.15, 0.2) is 91.0 Å². The van der Waals surface area contributed by atoms with Gasteiger partial charge in [-0.3, -0.25) is 4.52 Å². The molecule has 0 saturated heterocycles. The highest BCUT2D eigenvalue weighted by Gasteiger charge is 2.38. The summed E-state index contributed by atoms with van der Waals surface area (Å²) in [6.45, 7) is 0. The standard InChI is InChI=1S/C22H23O4P/c23-27(24,25)26-22(16-19-10-4-1-5-11-19,17-20-12-6-2-7-13-20)18-21-14-8-3-9-15-21/h1-15H,16-18H2,(H2,23,24,25). The molecular formula is C22H23O4P. The van der Waals surface area contributed by atoms with E-state index in [1.807, 2.05) is 91.0 Å². The summed E-state index contributed by atoms with van der Waals surface area (Å²) in [5.41, 5.74) is 1.84. The lowest BCUT2D eigenvalue weighted by Crippen LogP contribution is -2.39. The molecule has 0 fully saturated rings. The fourth-order valence-corrected chi connectivity index (χ4v) is 4.14. The van der Waals surface area contributed by atoms with Gasteiger partial charge < -0.3 is 9.79 Å². The highest BCUT2D eigenvalue weighted by Crippen LogP contribution is 2.45. The first-order chi connectivity index (χ1) is 12.9. The molecule has 2 N–H and O–H groups in total. The van der Waals surface area contributed by atoms with Crippen molar-refractivity contribution in [1.82, 2.24) is 0 Å². The molecule has 0 radical (unpaired) electrons. The van der Waals surface area contributed by atoms with Crippen molar-refractivity contribution in [2.24, 2.45) is 0 Å². The molecule has 3 aromatic carbocycles. The smallest absolute Gasteiger partial charge is 0.303 e. The Bertz CT molecular complexity index is 775. The minimum Gasteiger partial charge on any atom is -0.303 e. The van der Waals surface area contributed by atoms with Gasteiger partial charge in [0.1, 0.15) is 0 Å². The Labute approximate surface area is 159 Å². The largest absolute Gasteiger partial charge is 0.470 e. The Hall–Kier alpha value is -2.23. The van der Waals surface area contributed by atoms with Gasteiger partial charge in [0, 0.05) is 19.3 Å². The zero-order chi connectivity index (χ0) is 19.2. The van der Waals surface area contributed by atoms with Crippen LogP contribution in [0.5, 0.6) is 0 Å². The third-order valence-corrected chi connectivity index (χ3v) is 5.05. The molecule has 0 spiro atoms. The summed E-state index contributed by atoms with van der Waals surface area (Å²) < 4.78 is 17.4. The van der Waals surface area contributed by atoms with Crippen molar-refractivity contribution in [3.63, 3.8) is 0 Å². The lowest BCUT2D eigenvalue weighted by molar-refractivity contribution is 0.0340. The molecule has 0 heterocycles. The van der Waals surface area contributed by atoms with Gasteiger partial charge in [-0.1, -0.05) is 91.0 Å². The maximum Gasteiger partial charge on any atom is 0.470 e. The zero-order valence-corrected chi connectivity index (χ0v) is 15.8. The molecule has 0 bridgehead atoms. The van der Waals surface area contributed by atoms with Gasteiger partial charge in [-0.15, -0.1) is 0 Å². The van der Waals surface area contributed by atoms with Crippen molar-refractivity contribution in [2.45, 2.75) is 24.9 Å². The first-order valence-corrected chi connectivity index (χ1v) is 10.4. The van der Waals surface area contributed by atoms with Gasteiger partial charge in [0.05, 0.1) is 5.60 Å². The first kappa shape index (κ1) is 19.5. The highest BCUT2D eigenvalue weighted by atomic mass is 31.2. The molecule has 5 heteroatoms. The minimum absolute atomic E-state index is 0.392. The molecule has 0 atom stereocenters. The number of hydrogen-bond acceptors (Lipinski definition) is 2. The average Bonchev–Trinajstić information content (AvgIpc) is 2.62. The molecule has 4 nitrogen and oxygen atoms in total. The first-order valence-electron chi connectivity index (χ1n) is 8.82. The molecule has 0 aliphatic carbocycles. The van der Waals surface area contributed by atoms with Gasteiger partial charge in [0.15, 0.2) is 0 Å². The maximum atomic E-state index is 11.9. The Balaban J connectivity index is 2.02. The molecule has 27 heavy (non-hydrogen) atoms.